The lowest BCUT2D eigenvalue weighted by Crippen LogP contribution is -2.46. The number of benzene rings is 2. The second-order valence-electron chi connectivity index (χ2n) is 14.7. The zero-order valence-electron chi connectivity index (χ0n) is 28.2. The number of carbonyl (C=O) groups is 1. The lowest BCUT2D eigenvalue weighted by molar-refractivity contribution is -0.141. The molecule has 2 saturated heterocycles. The summed E-state index contributed by atoms with van der Waals surface area (Å²) in [5.41, 5.74) is 4.30. The third-order valence-electron chi connectivity index (χ3n) is 11.7. The summed E-state index contributed by atoms with van der Waals surface area (Å²) in [5.74, 6) is 7.28. The van der Waals surface area contributed by atoms with Crippen LogP contribution in [0.2, 0.25) is 5.02 Å². The molecule has 1 amide bonds. The van der Waals surface area contributed by atoms with E-state index in [9.17, 15) is 4.79 Å². The Labute approximate surface area is 288 Å². The van der Waals surface area contributed by atoms with Gasteiger partial charge >= 0.3 is 0 Å². The molecule has 9 unspecified atom stereocenters. The van der Waals surface area contributed by atoms with Crippen LogP contribution in [0.5, 0.6) is 5.75 Å². The maximum Gasteiger partial charge on any atom is 0.260 e. The van der Waals surface area contributed by atoms with Gasteiger partial charge in [0.2, 0.25) is 0 Å². The van der Waals surface area contributed by atoms with Gasteiger partial charge in [0, 0.05) is 53.9 Å². The zero-order valence-corrected chi connectivity index (χ0v) is 29.8. The number of nitrogens with one attached hydrogen (secondary N) is 2. The summed E-state index contributed by atoms with van der Waals surface area (Å²) in [6.45, 7) is 10.9. The molecule has 0 aromatic heterocycles. The van der Waals surface area contributed by atoms with Crippen LogP contribution >= 0.6 is 22.3 Å². The zero-order chi connectivity index (χ0) is 32.7. The Kier molecular flexibility index (Phi) is 10.2. The van der Waals surface area contributed by atoms with Crippen molar-refractivity contribution >= 4 is 39.7 Å². The van der Waals surface area contributed by atoms with Crippen LogP contribution in [-0.4, -0.2) is 68.3 Å². The molecule has 3 fully saturated rings. The van der Waals surface area contributed by atoms with E-state index in [2.05, 4.69) is 59.8 Å². The number of rotatable bonds is 4. The highest BCUT2D eigenvalue weighted by Gasteiger charge is 2.48. The van der Waals surface area contributed by atoms with Gasteiger partial charge in [0.1, 0.15) is 18.0 Å². The Bertz CT molecular complexity index is 1460. The third-order valence-corrected chi connectivity index (χ3v) is 13.8. The molecule has 2 bridgehead atoms. The van der Waals surface area contributed by atoms with E-state index in [4.69, 9.17) is 25.8 Å². The van der Waals surface area contributed by atoms with Gasteiger partial charge in [-0.1, -0.05) is 67.8 Å². The largest absolute Gasteiger partial charge is 0.491 e. The Morgan fingerprint density at radius 3 is 2.55 bits per heavy atom. The maximum absolute atomic E-state index is 13.6. The van der Waals surface area contributed by atoms with Gasteiger partial charge in [-0.25, -0.2) is 0 Å². The SMILES string of the molecule is C=S1NC(=O)c2ccc3c(c2)N(CC(c2ccc(Cl)cc2CCC)CO3)CC2CCC2C(C2OC3CNCC3O2)CCCC(C)C1C. The monoisotopic (exact) mass is 681 g/mol. The summed E-state index contributed by atoms with van der Waals surface area (Å²) in [7, 11) is -0.497. The number of aryl methyl sites for hydroxylation is 1. The Balaban J connectivity index is 1.23. The second kappa shape index (κ2) is 14.4. The number of carbonyl (C=O) groups excluding carboxylic acids is 1. The number of hydrogen-bond donors (Lipinski definition) is 2. The fourth-order valence-corrected chi connectivity index (χ4v) is 10.1. The molecule has 2 aromatic carbocycles. The summed E-state index contributed by atoms with van der Waals surface area (Å²) in [6, 6.07) is 12.3. The second-order valence-corrected chi connectivity index (χ2v) is 16.9. The van der Waals surface area contributed by atoms with Crippen molar-refractivity contribution in [2.75, 3.05) is 37.7 Å². The molecule has 2 aromatic rings. The number of halogens is 1. The summed E-state index contributed by atoms with van der Waals surface area (Å²) >= 11 is 6.48. The average molecular weight is 682 g/mol. The Morgan fingerprint density at radius 2 is 1.81 bits per heavy atom. The van der Waals surface area contributed by atoms with Crippen molar-refractivity contribution in [3.63, 3.8) is 0 Å². The van der Waals surface area contributed by atoms with Crippen LogP contribution in [0.3, 0.4) is 0 Å². The molecular formula is C38H52ClN3O4S. The summed E-state index contributed by atoms with van der Waals surface area (Å²) in [5, 5.41) is 4.50. The number of anilines is 1. The van der Waals surface area contributed by atoms with Crippen LogP contribution in [0.25, 0.3) is 0 Å². The van der Waals surface area contributed by atoms with Gasteiger partial charge in [0.15, 0.2) is 6.29 Å². The summed E-state index contributed by atoms with van der Waals surface area (Å²) in [4.78, 5) is 16.2. The lowest BCUT2D eigenvalue weighted by Gasteiger charge is -2.46. The molecule has 256 valence electrons. The fraction of sp³-hybridized carbons (Fsp3) is 0.632. The van der Waals surface area contributed by atoms with E-state index in [1.165, 1.54) is 24.0 Å². The summed E-state index contributed by atoms with van der Waals surface area (Å²) < 4.78 is 23.1. The predicted octanol–water partition coefficient (Wildman–Crippen LogP) is 7.19. The van der Waals surface area contributed by atoms with Crippen LogP contribution in [0, 0.1) is 23.7 Å². The molecule has 4 aliphatic heterocycles. The minimum Gasteiger partial charge on any atom is -0.491 e. The molecule has 7 nitrogen and oxygen atoms in total. The van der Waals surface area contributed by atoms with E-state index in [1.54, 1.807) is 0 Å². The normalized spacial score (nSPS) is 36.0. The molecule has 2 N–H and O–H groups in total. The third kappa shape index (κ3) is 7.00. The first-order valence-corrected chi connectivity index (χ1v) is 19.8. The van der Waals surface area contributed by atoms with Gasteiger partial charge in [0.05, 0.1) is 12.3 Å². The number of amides is 1. The molecule has 9 atom stereocenters. The Hall–Kier alpha value is -2.10. The van der Waals surface area contributed by atoms with E-state index in [0.29, 0.717) is 35.8 Å². The van der Waals surface area contributed by atoms with Crippen molar-refractivity contribution in [1.29, 1.82) is 0 Å². The van der Waals surface area contributed by atoms with Crippen LogP contribution in [0.4, 0.5) is 5.69 Å². The van der Waals surface area contributed by atoms with Gasteiger partial charge in [-0.2, -0.15) is 0 Å². The molecular weight excluding hydrogens is 630 g/mol. The topological polar surface area (TPSA) is 72.1 Å². The van der Waals surface area contributed by atoms with Crippen LogP contribution < -0.4 is 19.7 Å². The van der Waals surface area contributed by atoms with E-state index in [0.717, 1.165) is 74.7 Å². The van der Waals surface area contributed by atoms with Crippen LogP contribution in [0.1, 0.15) is 86.7 Å². The highest BCUT2D eigenvalue weighted by atomic mass is 35.5. The number of ether oxygens (including phenoxy) is 3. The van der Waals surface area contributed by atoms with Crippen molar-refractivity contribution in [1.82, 2.24) is 10.0 Å². The lowest BCUT2D eigenvalue weighted by atomic mass is 9.65. The van der Waals surface area contributed by atoms with Gasteiger partial charge < -0.3 is 29.1 Å². The molecule has 0 radical (unpaired) electrons. The fourth-order valence-electron chi connectivity index (χ4n) is 8.62. The van der Waals surface area contributed by atoms with E-state index in [1.807, 2.05) is 18.2 Å². The van der Waals surface area contributed by atoms with Crippen molar-refractivity contribution < 1.29 is 19.0 Å². The average Bonchev–Trinajstić information content (AvgIpc) is 3.61. The maximum atomic E-state index is 13.6. The van der Waals surface area contributed by atoms with E-state index >= 15 is 0 Å². The van der Waals surface area contributed by atoms with Gasteiger partial charge in [-0.05, 0) is 91.3 Å². The smallest absolute Gasteiger partial charge is 0.260 e. The number of hydrogen-bond acceptors (Lipinski definition) is 6. The molecule has 5 aliphatic rings. The number of fused-ring (bicyclic) bond motifs is 3. The molecule has 47 heavy (non-hydrogen) atoms. The minimum absolute atomic E-state index is 0.0573. The first kappa shape index (κ1) is 33.4. The van der Waals surface area contributed by atoms with E-state index < -0.39 is 10.7 Å². The number of nitrogens with zero attached hydrogens (tertiary/aromatic N) is 1. The van der Waals surface area contributed by atoms with Crippen molar-refractivity contribution in [3.05, 3.63) is 58.1 Å². The molecule has 1 aliphatic carbocycles. The van der Waals surface area contributed by atoms with Crippen LogP contribution in [0.15, 0.2) is 36.4 Å². The van der Waals surface area contributed by atoms with Crippen LogP contribution in [-0.2, 0) is 15.9 Å². The molecule has 9 heteroatoms. The quantitative estimate of drug-likeness (QED) is 0.333. The van der Waals surface area contributed by atoms with Gasteiger partial charge in [-0.3, -0.25) is 4.79 Å². The molecule has 1 saturated carbocycles. The van der Waals surface area contributed by atoms with E-state index in [-0.39, 0.29) is 35.6 Å². The minimum atomic E-state index is -0.497. The van der Waals surface area contributed by atoms with Gasteiger partial charge in [-0.15, -0.1) is 0 Å². The standard InChI is InChI=1S/C38H52ClN3O4S/c1-5-7-25-16-29(39)12-14-30(25)28-21-42-20-27-10-13-31(27)32(38-45-35-18-40-19-36(35)46-38)9-6-8-23(2)24(3)47(4)41-37(43)26-11-15-34(44-22-28)33(42)17-26/h11-12,14-17,23-24,27-28,31-32,35-36,38,40H,4-10,13,18-22H2,1-3H3,(H,41,43). The first-order chi connectivity index (χ1) is 22.8. The van der Waals surface area contributed by atoms with Crippen molar-refractivity contribution in [3.8, 4) is 5.75 Å². The Morgan fingerprint density at radius 1 is 1.00 bits per heavy atom. The predicted molar refractivity (Wildman–Crippen MR) is 193 cm³/mol. The molecule has 0 spiro atoms. The van der Waals surface area contributed by atoms with Crippen molar-refractivity contribution in [2.24, 2.45) is 23.7 Å². The highest BCUT2D eigenvalue weighted by Crippen LogP contribution is 2.48. The van der Waals surface area contributed by atoms with Crippen molar-refractivity contribution in [2.45, 2.75) is 95.4 Å². The summed E-state index contributed by atoms with van der Waals surface area (Å²) in [6.07, 6.45) is 7.99. The highest BCUT2D eigenvalue weighted by molar-refractivity contribution is 8.13. The van der Waals surface area contributed by atoms with Gasteiger partial charge in [0.25, 0.3) is 5.91 Å². The first-order valence-electron chi connectivity index (χ1n) is 17.9. The molecule has 4 heterocycles. The molecule has 7 rings (SSSR count).